The number of rotatable bonds is 3. The van der Waals surface area contributed by atoms with Crippen LogP contribution < -0.4 is 4.90 Å². The Hall–Kier alpha value is -3.08. The highest BCUT2D eigenvalue weighted by molar-refractivity contribution is 8.13. The summed E-state index contributed by atoms with van der Waals surface area (Å²) in [7, 11) is 1.98. The van der Waals surface area contributed by atoms with Gasteiger partial charge in [-0.15, -0.1) is 0 Å². The number of hydrogen-bond donors (Lipinski definition) is 0. The zero-order valence-corrected chi connectivity index (χ0v) is 19.5. The van der Waals surface area contributed by atoms with Gasteiger partial charge >= 0.3 is 0 Å². The number of anilines is 1. The topological polar surface area (TPSA) is 37.4 Å². The number of fused-ring (bicyclic) bond motifs is 6. The van der Waals surface area contributed by atoms with Crippen molar-refractivity contribution < 1.29 is 8.42 Å². The molecule has 0 unspecified atom stereocenters. The fourth-order valence-electron chi connectivity index (χ4n) is 5.24. The Morgan fingerprint density at radius 1 is 0.758 bits per heavy atom. The Balaban J connectivity index is 1.48. The standard InChI is InChI=1S/C28H22ClNO2S/c29-33(31,32)27-9-3-6-22-7-4-16-30(28(22)27)18-19-10-11-21-13-14-24-23-8-2-1-5-20(23)12-15-25(24)26(21)17-19/h1-3,5-6,8-15,17H,4,7,16,18H2. The van der Waals surface area contributed by atoms with E-state index in [0.29, 0.717) is 6.54 Å². The minimum Gasteiger partial charge on any atom is -0.366 e. The maximum Gasteiger partial charge on any atom is 0.263 e. The summed E-state index contributed by atoms with van der Waals surface area (Å²) in [6.45, 7) is 1.44. The number of benzene rings is 5. The number of nitrogens with zero attached hydrogens (tertiary/aromatic N) is 1. The van der Waals surface area contributed by atoms with Gasteiger partial charge in [-0.05, 0) is 68.4 Å². The first-order valence-electron chi connectivity index (χ1n) is 11.1. The number of aryl methyl sites for hydroxylation is 1. The minimum atomic E-state index is -3.82. The van der Waals surface area contributed by atoms with E-state index in [2.05, 4.69) is 71.6 Å². The van der Waals surface area contributed by atoms with E-state index >= 15 is 0 Å². The molecule has 0 saturated heterocycles. The van der Waals surface area contributed by atoms with Gasteiger partial charge in [0.15, 0.2) is 0 Å². The molecule has 0 aliphatic carbocycles. The first-order chi connectivity index (χ1) is 16.0. The number of halogens is 1. The van der Waals surface area contributed by atoms with Crippen LogP contribution in [0.25, 0.3) is 32.3 Å². The molecule has 5 aromatic carbocycles. The third-order valence-electron chi connectivity index (χ3n) is 6.72. The summed E-state index contributed by atoms with van der Waals surface area (Å²) in [6.07, 6.45) is 1.85. The van der Waals surface area contributed by atoms with E-state index in [9.17, 15) is 8.42 Å². The molecule has 0 N–H and O–H groups in total. The number of hydrogen-bond acceptors (Lipinski definition) is 3. The number of para-hydroxylation sites is 1. The van der Waals surface area contributed by atoms with Gasteiger partial charge in [-0.2, -0.15) is 0 Å². The summed E-state index contributed by atoms with van der Waals surface area (Å²) < 4.78 is 24.5. The summed E-state index contributed by atoms with van der Waals surface area (Å²) in [6, 6.07) is 29.2. The van der Waals surface area contributed by atoms with Gasteiger partial charge in [-0.3, -0.25) is 0 Å². The third kappa shape index (κ3) is 3.54. The molecule has 0 amide bonds. The second-order valence-corrected chi connectivity index (χ2v) is 11.3. The first kappa shape index (κ1) is 20.5. The predicted molar refractivity (Wildman–Crippen MR) is 138 cm³/mol. The lowest BCUT2D eigenvalue weighted by molar-refractivity contribution is 0.607. The maximum absolute atomic E-state index is 12.3. The van der Waals surface area contributed by atoms with E-state index < -0.39 is 9.05 Å². The van der Waals surface area contributed by atoms with E-state index in [-0.39, 0.29) is 4.90 Å². The van der Waals surface area contributed by atoms with Crippen molar-refractivity contribution in [2.45, 2.75) is 24.3 Å². The van der Waals surface area contributed by atoms with Crippen LogP contribution in [0.1, 0.15) is 17.5 Å². The lowest BCUT2D eigenvalue weighted by Gasteiger charge is -2.32. The first-order valence-corrected chi connectivity index (χ1v) is 13.4. The van der Waals surface area contributed by atoms with Crippen LogP contribution in [0, 0.1) is 0 Å². The maximum atomic E-state index is 12.3. The van der Waals surface area contributed by atoms with Crippen LogP contribution in [0.3, 0.4) is 0 Å². The van der Waals surface area contributed by atoms with Crippen LogP contribution >= 0.6 is 10.7 Å². The molecule has 3 nitrogen and oxygen atoms in total. The van der Waals surface area contributed by atoms with E-state index in [1.54, 1.807) is 12.1 Å². The Morgan fingerprint density at radius 2 is 1.48 bits per heavy atom. The van der Waals surface area contributed by atoms with E-state index in [4.69, 9.17) is 10.7 Å². The quantitative estimate of drug-likeness (QED) is 0.209. The van der Waals surface area contributed by atoms with E-state index in [0.717, 1.165) is 36.2 Å². The van der Waals surface area contributed by atoms with Crippen molar-refractivity contribution in [3.05, 3.63) is 96.1 Å². The molecule has 0 atom stereocenters. The molecular formula is C28H22ClNO2S. The molecule has 33 heavy (non-hydrogen) atoms. The molecule has 5 aromatic rings. The van der Waals surface area contributed by atoms with Gasteiger partial charge in [0.05, 0.1) is 5.69 Å². The smallest absolute Gasteiger partial charge is 0.263 e. The molecule has 0 saturated carbocycles. The van der Waals surface area contributed by atoms with Crippen molar-refractivity contribution in [2.75, 3.05) is 11.4 Å². The summed E-state index contributed by atoms with van der Waals surface area (Å²) in [5, 5.41) is 7.38. The fourth-order valence-corrected chi connectivity index (χ4v) is 6.35. The Labute approximate surface area is 197 Å². The summed E-state index contributed by atoms with van der Waals surface area (Å²) >= 11 is 0. The normalized spacial score (nSPS) is 14.2. The molecule has 0 fully saturated rings. The van der Waals surface area contributed by atoms with Crippen molar-refractivity contribution in [1.29, 1.82) is 0 Å². The van der Waals surface area contributed by atoms with Crippen molar-refractivity contribution in [1.82, 2.24) is 0 Å². The largest absolute Gasteiger partial charge is 0.366 e. The molecule has 164 valence electrons. The zero-order chi connectivity index (χ0) is 22.6. The second-order valence-electron chi connectivity index (χ2n) is 8.73. The molecule has 1 heterocycles. The van der Waals surface area contributed by atoms with Gasteiger partial charge in [-0.1, -0.05) is 72.8 Å². The Morgan fingerprint density at radius 3 is 2.30 bits per heavy atom. The average Bonchev–Trinajstić information content (AvgIpc) is 2.83. The zero-order valence-electron chi connectivity index (χ0n) is 18.0. The fraction of sp³-hybridized carbons (Fsp3) is 0.143. The van der Waals surface area contributed by atoms with Crippen LogP contribution in [0.2, 0.25) is 0 Å². The third-order valence-corrected chi connectivity index (χ3v) is 8.07. The minimum absolute atomic E-state index is 0.207. The lowest BCUT2D eigenvalue weighted by atomic mass is 9.95. The highest BCUT2D eigenvalue weighted by Gasteiger charge is 2.26. The van der Waals surface area contributed by atoms with Crippen molar-refractivity contribution >= 4 is 57.7 Å². The van der Waals surface area contributed by atoms with Gasteiger partial charge in [0.25, 0.3) is 9.05 Å². The van der Waals surface area contributed by atoms with Gasteiger partial charge < -0.3 is 4.90 Å². The Kier molecular flexibility index (Phi) is 4.82. The van der Waals surface area contributed by atoms with Crippen LogP contribution in [-0.2, 0) is 22.0 Å². The molecule has 5 heteroatoms. The van der Waals surface area contributed by atoms with Crippen LogP contribution in [-0.4, -0.2) is 15.0 Å². The van der Waals surface area contributed by atoms with Crippen LogP contribution in [0.4, 0.5) is 5.69 Å². The van der Waals surface area contributed by atoms with Gasteiger partial charge in [0.2, 0.25) is 0 Å². The summed E-state index contributed by atoms with van der Waals surface area (Å²) in [5.41, 5.74) is 2.95. The Bertz CT molecular complexity index is 1660. The van der Waals surface area contributed by atoms with Gasteiger partial charge in [-0.25, -0.2) is 8.42 Å². The van der Waals surface area contributed by atoms with E-state index in [1.165, 1.54) is 32.3 Å². The van der Waals surface area contributed by atoms with Gasteiger partial charge in [0.1, 0.15) is 4.90 Å². The van der Waals surface area contributed by atoms with Crippen LogP contribution in [0.5, 0.6) is 0 Å². The van der Waals surface area contributed by atoms with Crippen LogP contribution in [0.15, 0.2) is 89.8 Å². The lowest BCUT2D eigenvalue weighted by Crippen LogP contribution is -2.30. The summed E-state index contributed by atoms with van der Waals surface area (Å²) in [5.74, 6) is 0. The summed E-state index contributed by atoms with van der Waals surface area (Å²) in [4.78, 5) is 2.37. The molecule has 1 aliphatic heterocycles. The highest BCUT2D eigenvalue weighted by atomic mass is 35.7. The predicted octanol–water partition coefficient (Wildman–Crippen LogP) is 7.03. The molecule has 6 rings (SSSR count). The molecule has 0 radical (unpaired) electrons. The SMILES string of the molecule is O=S(=O)(Cl)c1cccc2c1N(Cc1ccc3ccc4c5ccccc5ccc4c3c1)CCC2. The molecule has 1 aliphatic rings. The molecule has 0 aromatic heterocycles. The molecule has 0 spiro atoms. The van der Waals surface area contributed by atoms with Crippen molar-refractivity contribution in [3.63, 3.8) is 0 Å². The second kappa shape index (κ2) is 7.75. The van der Waals surface area contributed by atoms with Crippen molar-refractivity contribution in [3.8, 4) is 0 Å². The van der Waals surface area contributed by atoms with E-state index in [1.807, 2.05) is 6.07 Å². The molecular weight excluding hydrogens is 450 g/mol. The molecule has 0 bridgehead atoms. The van der Waals surface area contributed by atoms with Crippen molar-refractivity contribution in [2.24, 2.45) is 0 Å². The monoisotopic (exact) mass is 471 g/mol. The van der Waals surface area contributed by atoms with Gasteiger partial charge in [0, 0.05) is 23.8 Å². The average molecular weight is 472 g/mol. The highest BCUT2D eigenvalue weighted by Crippen LogP contribution is 2.37.